The minimum absolute atomic E-state index is 0.244. The van der Waals surface area contributed by atoms with Crippen molar-refractivity contribution in [2.24, 2.45) is 5.92 Å². The molecular weight excluding hydrogens is 398 g/mol. The van der Waals surface area contributed by atoms with Crippen LogP contribution in [0.15, 0.2) is 42.5 Å². The average Bonchev–Trinajstić information content (AvgIpc) is 3.11. The number of aromatic nitrogens is 1. The van der Waals surface area contributed by atoms with Crippen molar-refractivity contribution in [2.75, 3.05) is 18.4 Å². The van der Waals surface area contributed by atoms with E-state index in [-0.39, 0.29) is 5.91 Å². The van der Waals surface area contributed by atoms with E-state index in [1.54, 1.807) is 24.3 Å². The molecule has 0 unspecified atom stereocenters. The van der Waals surface area contributed by atoms with Crippen LogP contribution < -0.4 is 10.1 Å². The highest BCUT2D eigenvalue weighted by Gasteiger charge is 2.16. The van der Waals surface area contributed by atoms with Gasteiger partial charge in [-0.3, -0.25) is 19.8 Å². The van der Waals surface area contributed by atoms with Crippen molar-refractivity contribution in [3.05, 3.63) is 53.6 Å². The van der Waals surface area contributed by atoms with Crippen molar-refractivity contribution >= 4 is 38.6 Å². The van der Waals surface area contributed by atoms with Crippen LogP contribution in [-0.4, -0.2) is 34.8 Å². The minimum atomic E-state index is -0.393. The smallest absolute Gasteiger partial charge is 0.308 e. The van der Waals surface area contributed by atoms with E-state index in [1.807, 2.05) is 6.07 Å². The van der Waals surface area contributed by atoms with Crippen molar-refractivity contribution in [1.82, 2.24) is 9.88 Å². The third-order valence-corrected chi connectivity index (χ3v) is 6.27. The number of thiazole rings is 1. The van der Waals surface area contributed by atoms with Crippen LogP contribution in [-0.2, 0) is 11.3 Å². The maximum absolute atomic E-state index is 12.5. The lowest BCUT2D eigenvalue weighted by Crippen LogP contribution is -2.32. The van der Waals surface area contributed by atoms with E-state index in [1.165, 1.54) is 36.7 Å². The van der Waals surface area contributed by atoms with E-state index in [9.17, 15) is 9.59 Å². The second kappa shape index (κ2) is 8.93. The van der Waals surface area contributed by atoms with Gasteiger partial charge in [0.2, 0.25) is 0 Å². The molecule has 2 heterocycles. The van der Waals surface area contributed by atoms with Crippen LogP contribution in [0.1, 0.15) is 42.6 Å². The Morgan fingerprint density at radius 1 is 1.17 bits per heavy atom. The second-order valence-corrected chi connectivity index (χ2v) is 8.88. The Kier molecular flexibility index (Phi) is 6.11. The zero-order valence-electron chi connectivity index (χ0n) is 17.2. The quantitative estimate of drug-likeness (QED) is 0.475. The molecule has 1 N–H and O–H groups in total. The van der Waals surface area contributed by atoms with Gasteiger partial charge in [-0.2, -0.15) is 0 Å². The van der Waals surface area contributed by atoms with Gasteiger partial charge in [-0.25, -0.2) is 4.98 Å². The molecule has 0 atom stereocenters. The summed E-state index contributed by atoms with van der Waals surface area (Å²) in [5.74, 6) is 0.603. The van der Waals surface area contributed by atoms with Crippen molar-refractivity contribution in [2.45, 2.75) is 33.2 Å². The standard InChI is InChI=1S/C23H25N3O3S/c1-15-9-11-26(12-10-15)14-17-3-8-20-21(13-17)30-23(24-20)25-22(28)18-4-6-19(7-5-18)29-16(2)27/h3-8,13,15H,9-12,14H2,1-2H3,(H,24,25,28). The maximum Gasteiger partial charge on any atom is 0.308 e. The van der Waals surface area contributed by atoms with E-state index in [2.05, 4.69) is 34.3 Å². The topological polar surface area (TPSA) is 71.5 Å². The molecule has 0 spiro atoms. The Hall–Kier alpha value is -2.77. The van der Waals surface area contributed by atoms with Gasteiger partial charge in [-0.05, 0) is 73.8 Å². The van der Waals surface area contributed by atoms with Gasteiger partial charge in [0.25, 0.3) is 5.91 Å². The van der Waals surface area contributed by atoms with Crippen LogP contribution in [0.2, 0.25) is 0 Å². The number of nitrogens with zero attached hydrogens (tertiary/aromatic N) is 2. The van der Waals surface area contributed by atoms with Crippen molar-refractivity contribution in [3.8, 4) is 5.75 Å². The number of hydrogen-bond acceptors (Lipinski definition) is 6. The number of benzene rings is 2. The molecule has 6 nitrogen and oxygen atoms in total. The SMILES string of the molecule is CC(=O)Oc1ccc(C(=O)Nc2nc3ccc(CN4CCC(C)CC4)cc3s2)cc1. The number of esters is 1. The van der Waals surface area contributed by atoms with Gasteiger partial charge in [0.15, 0.2) is 5.13 Å². The summed E-state index contributed by atoms with van der Waals surface area (Å²) in [6, 6.07) is 12.8. The fourth-order valence-electron chi connectivity index (χ4n) is 3.61. The zero-order valence-corrected chi connectivity index (χ0v) is 18.0. The third kappa shape index (κ3) is 5.04. The van der Waals surface area contributed by atoms with Crippen molar-refractivity contribution in [1.29, 1.82) is 0 Å². The molecule has 1 aliphatic rings. The highest BCUT2D eigenvalue weighted by molar-refractivity contribution is 7.22. The summed E-state index contributed by atoms with van der Waals surface area (Å²) in [6.07, 6.45) is 2.53. The molecule has 156 valence electrons. The van der Waals surface area contributed by atoms with E-state index < -0.39 is 5.97 Å². The van der Waals surface area contributed by atoms with E-state index in [0.29, 0.717) is 16.4 Å². The molecule has 0 aliphatic carbocycles. The normalized spacial score (nSPS) is 15.3. The van der Waals surface area contributed by atoms with Gasteiger partial charge < -0.3 is 4.74 Å². The fourth-order valence-corrected chi connectivity index (χ4v) is 4.53. The van der Waals surface area contributed by atoms with Gasteiger partial charge in [0, 0.05) is 19.0 Å². The van der Waals surface area contributed by atoms with Gasteiger partial charge >= 0.3 is 5.97 Å². The Labute approximate surface area is 179 Å². The summed E-state index contributed by atoms with van der Waals surface area (Å²) in [6.45, 7) is 6.92. The number of fused-ring (bicyclic) bond motifs is 1. The van der Waals surface area contributed by atoms with Crippen LogP contribution in [0.3, 0.4) is 0 Å². The Bertz CT molecular complexity index is 1050. The molecule has 1 fully saturated rings. The lowest BCUT2D eigenvalue weighted by Gasteiger charge is -2.30. The first-order chi connectivity index (χ1) is 14.5. The lowest BCUT2D eigenvalue weighted by atomic mass is 9.99. The average molecular weight is 424 g/mol. The number of likely N-dealkylation sites (tertiary alicyclic amines) is 1. The highest BCUT2D eigenvalue weighted by atomic mass is 32.1. The Morgan fingerprint density at radius 3 is 2.60 bits per heavy atom. The van der Waals surface area contributed by atoms with Gasteiger partial charge in [-0.15, -0.1) is 0 Å². The van der Waals surface area contributed by atoms with Crippen LogP contribution in [0.4, 0.5) is 5.13 Å². The zero-order chi connectivity index (χ0) is 21.1. The maximum atomic E-state index is 12.5. The largest absolute Gasteiger partial charge is 0.427 e. The predicted octanol–water partition coefficient (Wildman–Crippen LogP) is 4.71. The monoisotopic (exact) mass is 423 g/mol. The first-order valence-electron chi connectivity index (χ1n) is 10.2. The molecule has 0 saturated carbocycles. The second-order valence-electron chi connectivity index (χ2n) is 7.85. The van der Waals surface area contributed by atoms with E-state index >= 15 is 0 Å². The molecule has 2 aromatic carbocycles. The number of piperidine rings is 1. The summed E-state index contributed by atoms with van der Waals surface area (Å²) in [5.41, 5.74) is 2.64. The van der Waals surface area contributed by atoms with Crippen LogP contribution in [0, 0.1) is 5.92 Å². The molecule has 1 saturated heterocycles. The molecule has 1 amide bonds. The third-order valence-electron chi connectivity index (χ3n) is 5.33. The number of amides is 1. The summed E-state index contributed by atoms with van der Waals surface area (Å²) < 4.78 is 6.06. The summed E-state index contributed by atoms with van der Waals surface area (Å²) in [4.78, 5) is 30.6. The summed E-state index contributed by atoms with van der Waals surface area (Å²) >= 11 is 1.48. The van der Waals surface area contributed by atoms with Crippen molar-refractivity contribution in [3.63, 3.8) is 0 Å². The molecule has 7 heteroatoms. The van der Waals surface area contributed by atoms with Crippen molar-refractivity contribution < 1.29 is 14.3 Å². The van der Waals surface area contributed by atoms with Gasteiger partial charge in [0.05, 0.1) is 10.2 Å². The molecule has 4 rings (SSSR count). The minimum Gasteiger partial charge on any atom is -0.427 e. The predicted molar refractivity (Wildman–Crippen MR) is 119 cm³/mol. The number of hydrogen-bond donors (Lipinski definition) is 1. The van der Waals surface area contributed by atoms with E-state index in [0.717, 1.165) is 35.8 Å². The van der Waals surface area contributed by atoms with Gasteiger partial charge in [-0.1, -0.05) is 24.3 Å². The number of carbonyl (C=O) groups is 2. The molecule has 0 radical (unpaired) electrons. The molecule has 1 aromatic heterocycles. The highest BCUT2D eigenvalue weighted by Crippen LogP contribution is 2.28. The first-order valence-corrected chi connectivity index (χ1v) is 11.0. The fraction of sp³-hybridized carbons (Fsp3) is 0.348. The van der Waals surface area contributed by atoms with Gasteiger partial charge in [0.1, 0.15) is 5.75 Å². The van der Waals surface area contributed by atoms with E-state index in [4.69, 9.17) is 4.74 Å². The van der Waals surface area contributed by atoms with Crippen LogP contribution in [0.5, 0.6) is 5.75 Å². The number of ether oxygens (including phenoxy) is 1. The first kappa shape index (κ1) is 20.5. The molecular formula is C23H25N3O3S. The summed E-state index contributed by atoms with van der Waals surface area (Å²) in [5, 5.41) is 3.44. The number of anilines is 1. The Morgan fingerprint density at radius 2 is 1.90 bits per heavy atom. The molecule has 3 aromatic rings. The van der Waals surface area contributed by atoms with Crippen LogP contribution >= 0.6 is 11.3 Å². The molecule has 30 heavy (non-hydrogen) atoms. The summed E-state index contributed by atoms with van der Waals surface area (Å²) in [7, 11) is 0. The van der Waals surface area contributed by atoms with Crippen LogP contribution in [0.25, 0.3) is 10.2 Å². The number of carbonyl (C=O) groups excluding carboxylic acids is 2. The Balaban J connectivity index is 1.42. The molecule has 0 bridgehead atoms. The lowest BCUT2D eigenvalue weighted by molar-refractivity contribution is -0.131. The number of rotatable bonds is 5. The molecule has 1 aliphatic heterocycles. The number of nitrogens with one attached hydrogen (secondary N) is 1.